The zero-order chi connectivity index (χ0) is 11.8. The molecule has 4 heteroatoms. The van der Waals surface area contributed by atoms with Crippen LogP contribution in [0.15, 0.2) is 28.1 Å². The number of para-hydroxylation sites is 1. The molecule has 0 fully saturated rings. The first kappa shape index (κ1) is 12.9. The van der Waals surface area contributed by atoms with Gasteiger partial charge in [-0.1, -0.05) is 38.5 Å². The molecule has 86 valence electrons. The molecule has 0 saturated carbocycles. The second-order valence-corrected chi connectivity index (χ2v) is 4.60. The van der Waals surface area contributed by atoms with E-state index in [4.69, 9.17) is 0 Å². The average molecular weight is 234 g/mol. The number of aryl methyl sites for hydroxylation is 1. The lowest BCUT2D eigenvalue weighted by Gasteiger charge is -2.05. The number of nitrogens with zero attached hydrogens (tertiary/aromatic N) is 2. The summed E-state index contributed by atoms with van der Waals surface area (Å²) in [6, 6.07) is 6.90. The van der Waals surface area contributed by atoms with Crippen molar-refractivity contribution in [3.8, 4) is 5.75 Å². The highest BCUT2D eigenvalue weighted by Crippen LogP contribution is 2.23. The minimum Gasteiger partial charge on any atom is -0.507 e. The highest BCUT2D eigenvalue weighted by molar-refractivity contribution is 6.32. The third-order valence-electron chi connectivity index (χ3n) is 2.33. The van der Waals surface area contributed by atoms with E-state index in [0.717, 1.165) is 30.0 Å². The third kappa shape index (κ3) is 3.77. The summed E-state index contributed by atoms with van der Waals surface area (Å²) < 4.78 is 4.09. The summed E-state index contributed by atoms with van der Waals surface area (Å²) in [7, 11) is 0.555. The monoisotopic (exact) mass is 234 g/mol. The molecule has 0 aliphatic carbocycles. The normalized spacial score (nSPS) is 11.1. The molecule has 1 aromatic carbocycles. The van der Waals surface area contributed by atoms with Crippen LogP contribution >= 0.6 is 0 Å². The molecule has 0 aliphatic heterocycles. The van der Waals surface area contributed by atoms with Crippen LogP contribution in [0.25, 0.3) is 0 Å². The molecule has 1 N–H and O–H groups in total. The molecule has 1 rings (SSSR count). The van der Waals surface area contributed by atoms with Crippen LogP contribution in [0.2, 0.25) is 6.04 Å². The Balaban J connectivity index is 2.57. The first-order chi connectivity index (χ1) is 7.79. The molecular formula is C12H18N2OSi. The number of hydrogen-bond donors (Lipinski definition) is 1. The summed E-state index contributed by atoms with van der Waals surface area (Å²) >= 11 is 0. The number of rotatable bonds is 6. The van der Waals surface area contributed by atoms with Gasteiger partial charge >= 0.3 is 0 Å². The fraction of sp³-hybridized carbons (Fsp3) is 0.500. The number of phenols is 1. The van der Waals surface area contributed by atoms with Crippen LogP contribution in [-0.4, -0.2) is 14.8 Å². The minimum absolute atomic E-state index is 0.378. The van der Waals surface area contributed by atoms with Crippen LogP contribution in [0.1, 0.15) is 31.4 Å². The lowest BCUT2D eigenvalue weighted by molar-refractivity contribution is 0.461. The van der Waals surface area contributed by atoms with Crippen molar-refractivity contribution in [1.82, 2.24) is 0 Å². The molecule has 1 aromatic rings. The van der Waals surface area contributed by atoms with E-state index in [-0.39, 0.29) is 0 Å². The van der Waals surface area contributed by atoms with E-state index in [9.17, 15) is 5.11 Å². The summed E-state index contributed by atoms with van der Waals surface area (Å²) in [5.74, 6) is 0.378. The zero-order valence-electron chi connectivity index (χ0n) is 9.90. The highest BCUT2D eigenvalue weighted by atomic mass is 28.2. The summed E-state index contributed by atoms with van der Waals surface area (Å²) in [4.78, 5) is 0. The Morgan fingerprint density at radius 1 is 1.25 bits per heavy atom. The van der Waals surface area contributed by atoms with E-state index in [0.29, 0.717) is 22.0 Å². The Bertz CT molecular complexity index is 353. The Labute approximate surface area is 99.5 Å². The topological polar surface area (TPSA) is 45.0 Å². The van der Waals surface area contributed by atoms with Gasteiger partial charge in [0.1, 0.15) is 5.75 Å². The van der Waals surface area contributed by atoms with Crippen molar-refractivity contribution in [2.24, 2.45) is 9.89 Å². The van der Waals surface area contributed by atoms with Crippen LogP contribution in [-0.2, 0) is 13.0 Å². The van der Waals surface area contributed by atoms with Crippen LogP contribution in [0.5, 0.6) is 5.75 Å². The molecule has 0 aliphatic rings. The van der Waals surface area contributed by atoms with Gasteiger partial charge in [0.25, 0.3) is 0 Å². The quantitative estimate of drug-likeness (QED) is 0.458. The van der Waals surface area contributed by atoms with Crippen LogP contribution in [0.3, 0.4) is 0 Å². The number of phenolic OH excluding ortho intramolecular Hbond substituents is 1. The fourth-order valence-electron chi connectivity index (χ4n) is 1.38. The first-order valence-corrected chi connectivity index (χ1v) is 6.84. The van der Waals surface area contributed by atoms with E-state index in [1.54, 1.807) is 0 Å². The summed E-state index contributed by atoms with van der Waals surface area (Å²) in [5.41, 5.74) is 1.84. The molecule has 16 heavy (non-hydrogen) atoms. The zero-order valence-corrected chi connectivity index (χ0v) is 10.9. The summed E-state index contributed by atoms with van der Waals surface area (Å²) in [5, 5.41) is 14.0. The Morgan fingerprint density at radius 2 is 2.00 bits per heavy atom. The van der Waals surface area contributed by atoms with Crippen LogP contribution < -0.4 is 0 Å². The predicted octanol–water partition coefficient (Wildman–Crippen LogP) is 3.35. The van der Waals surface area contributed by atoms with Gasteiger partial charge in [0.15, 0.2) is 0 Å². The van der Waals surface area contributed by atoms with Gasteiger partial charge < -0.3 is 5.11 Å². The second-order valence-electron chi connectivity index (χ2n) is 3.59. The van der Waals surface area contributed by atoms with Gasteiger partial charge in [0.2, 0.25) is 9.68 Å². The standard InChI is InChI=1S/C12H18N2OSi/c1-3-8-16-14-13-9-11-7-5-6-10(4-2)12(11)15/h5-7,15H,3-4,8-9H2,1-2H3. The van der Waals surface area contributed by atoms with Crippen molar-refractivity contribution in [2.75, 3.05) is 0 Å². The van der Waals surface area contributed by atoms with Crippen molar-refractivity contribution in [2.45, 2.75) is 39.3 Å². The molecule has 0 unspecified atom stereocenters. The van der Waals surface area contributed by atoms with E-state index in [2.05, 4.69) is 16.8 Å². The van der Waals surface area contributed by atoms with Gasteiger partial charge in [-0.05, 0) is 18.0 Å². The van der Waals surface area contributed by atoms with E-state index >= 15 is 0 Å². The van der Waals surface area contributed by atoms with Crippen molar-refractivity contribution in [3.05, 3.63) is 29.3 Å². The van der Waals surface area contributed by atoms with Crippen molar-refractivity contribution >= 4 is 9.68 Å². The molecule has 0 atom stereocenters. The number of benzene rings is 1. The molecule has 0 aromatic heterocycles. The maximum atomic E-state index is 9.89. The van der Waals surface area contributed by atoms with Crippen molar-refractivity contribution < 1.29 is 5.11 Å². The number of hydrogen-bond acceptors (Lipinski definition) is 3. The average Bonchev–Trinajstić information content (AvgIpc) is 2.31. The van der Waals surface area contributed by atoms with Crippen molar-refractivity contribution in [3.63, 3.8) is 0 Å². The van der Waals surface area contributed by atoms with Gasteiger partial charge in [-0.3, -0.25) is 0 Å². The molecule has 0 amide bonds. The molecule has 3 nitrogen and oxygen atoms in total. The lowest BCUT2D eigenvalue weighted by Crippen LogP contribution is -1.89. The maximum Gasteiger partial charge on any atom is 0.241 e. The highest BCUT2D eigenvalue weighted by Gasteiger charge is 2.04. The van der Waals surface area contributed by atoms with E-state index in [1.807, 2.05) is 25.1 Å². The predicted molar refractivity (Wildman–Crippen MR) is 66.9 cm³/mol. The fourth-order valence-corrected chi connectivity index (χ4v) is 1.88. The van der Waals surface area contributed by atoms with Gasteiger partial charge in [0.05, 0.1) is 6.54 Å². The van der Waals surface area contributed by atoms with Gasteiger partial charge in [-0.25, -0.2) is 4.78 Å². The van der Waals surface area contributed by atoms with Gasteiger partial charge in [-0.2, -0.15) is 5.11 Å². The molecular weight excluding hydrogens is 216 g/mol. The van der Waals surface area contributed by atoms with E-state index in [1.165, 1.54) is 0 Å². The largest absolute Gasteiger partial charge is 0.507 e. The molecule has 0 spiro atoms. The van der Waals surface area contributed by atoms with Crippen LogP contribution in [0.4, 0.5) is 0 Å². The molecule has 2 radical (unpaired) electrons. The molecule has 0 saturated heterocycles. The maximum absolute atomic E-state index is 9.89. The van der Waals surface area contributed by atoms with Crippen molar-refractivity contribution in [1.29, 1.82) is 0 Å². The first-order valence-electron chi connectivity index (χ1n) is 5.68. The summed E-state index contributed by atoms with van der Waals surface area (Å²) in [6.07, 6.45) is 1.99. The third-order valence-corrected chi connectivity index (χ3v) is 3.33. The minimum atomic E-state index is 0.378. The number of aromatic hydroxyl groups is 1. The van der Waals surface area contributed by atoms with Gasteiger partial charge in [0, 0.05) is 5.56 Å². The smallest absolute Gasteiger partial charge is 0.241 e. The van der Waals surface area contributed by atoms with Crippen LogP contribution in [0, 0.1) is 0 Å². The Morgan fingerprint density at radius 3 is 2.69 bits per heavy atom. The Hall–Kier alpha value is -1.16. The SMILES string of the molecule is CCC[Si]N=NCc1cccc(CC)c1O. The van der Waals surface area contributed by atoms with Gasteiger partial charge in [-0.15, -0.1) is 0 Å². The molecule has 0 heterocycles. The lowest BCUT2D eigenvalue weighted by atomic mass is 10.1. The Kier molecular flexibility index (Phi) is 5.78. The molecule has 0 bridgehead atoms. The van der Waals surface area contributed by atoms with E-state index < -0.39 is 0 Å². The second kappa shape index (κ2) is 7.17. The summed E-state index contributed by atoms with van der Waals surface area (Å²) in [6.45, 7) is 4.65.